The van der Waals surface area contributed by atoms with Crippen LogP contribution in [-0.4, -0.2) is 44.7 Å². The molecule has 1 atom stereocenters. The lowest BCUT2D eigenvalue weighted by Gasteiger charge is -2.20. The summed E-state index contributed by atoms with van der Waals surface area (Å²) in [6.07, 6.45) is 0.785. The Hall–Kier alpha value is -2.37. The summed E-state index contributed by atoms with van der Waals surface area (Å²) in [5, 5.41) is 6.51. The molecule has 1 fully saturated rings. The maximum Gasteiger partial charge on any atom is 0.341 e. The van der Waals surface area contributed by atoms with Gasteiger partial charge in [-0.1, -0.05) is 0 Å². The first-order valence-corrected chi connectivity index (χ1v) is 9.83. The molecule has 2 N–H and O–H groups in total. The minimum absolute atomic E-state index is 0. The van der Waals surface area contributed by atoms with Crippen LogP contribution in [0.15, 0.2) is 33.7 Å². The second-order valence-electron chi connectivity index (χ2n) is 7.04. The van der Waals surface area contributed by atoms with Crippen molar-refractivity contribution in [3.05, 3.63) is 53.0 Å². The smallest absolute Gasteiger partial charge is 0.341 e. The van der Waals surface area contributed by atoms with Crippen LogP contribution in [0.4, 0.5) is 14.5 Å². The Morgan fingerprint density at radius 2 is 2.13 bits per heavy atom. The molecule has 170 valence electrons. The first-order chi connectivity index (χ1) is 14.4. The van der Waals surface area contributed by atoms with Crippen LogP contribution >= 0.6 is 24.0 Å². The molecule has 10 heteroatoms. The number of carbonyl (C=O) groups is 1. The van der Waals surface area contributed by atoms with E-state index in [4.69, 9.17) is 9.15 Å². The zero-order valence-corrected chi connectivity index (χ0v) is 20.0. The van der Waals surface area contributed by atoms with E-state index in [1.807, 2.05) is 11.8 Å². The van der Waals surface area contributed by atoms with Crippen molar-refractivity contribution in [1.29, 1.82) is 0 Å². The van der Waals surface area contributed by atoms with E-state index in [9.17, 15) is 13.6 Å². The van der Waals surface area contributed by atoms with E-state index in [0.717, 1.165) is 12.5 Å². The fourth-order valence-corrected chi connectivity index (χ4v) is 3.44. The number of rotatable bonds is 6. The monoisotopic (exact) mass is 548 g/mol. The molecule has 2 aromatic rings. The highest BCUT2D eigenvalue weighted by atomic mass is 127. The van der Waals surface area contributed by atoms with E-state index in [1.54, 1.807) is 13.0 Å². The van der Waals surface area contributed by atoms with Gasteiger partial charge in [0.25, 0.3) is 0 Å². The number of nitrogens with one attached hydrogen (secondary N) is 2. The average molecular weight is 548 g/mol. The summed E-state index contributed by atoms with van der Waals surface area (Å²) >= 11 is 0. The van der Waals surface area contributed by atoms with Crippen LogP contribution < -0.4 is 15.5 Å². The van der Waals surface area contributed by atoms with Crippen molar-refractivity contribution in [2.75, 3.05) is 31.6 Å². The number of furan rings is 1. The summed E-state index contributed by atoms with van der Waals surface area (Å²) in [6, 6.07) is 5.30. The van der Waals surface area contributed by atoms with Gasteiger partial charge < -0.3 is 24.7 Å². The number of aryl methyl sites for hydroxylation is 1. The molecule has 0 amide bonds. The summed E-state index contributed by atoms with van der Waals surface area (Å²) < 4.78 is 37.5. The standard InChI is InChI=1S/C21H26F2N4O3.HI/c1-4-24-21(25-11-16-10-17(13(2)30-16)20(28)29-3)26-15-7-8-27(12-15)19-6-5-14(22)9-18(19)23;/h5-6,9-10,15H,4,7-8,11-12H2,1-3H3,(H2,24,25,26);1H. The van der Waals surface area contributed by atoms with Crippen LogP contribution in [0.2, 0.25) is 0 Å². The highest BCUT2D eigenvalue weighted by Gasteiger charge is 2.25. The number of esters is 1. The van der Waals surface area contributed by atoms with Gasteiger partial charge in [0.1, 0.15) is 35.3 Å². The maximum atomic E-state index is 14.1. The molecular formula is C21H27F2IN4O3. The fraction of sp³-hybridized carbons (Fsp3) is 0.429. The van der Waals surface area contributed by atoms with Crippen LogP contribution in [0.5, 0.6) is 0 Å². The highest BCUT2D eigenvalue weighted by molar-refractivity contribution is 14.0. The Bertz CT molecular complexity index is 935. The number of methoxy groups -OCH3 is 1. The number of carbonyl (C=O) groups excluding carboxylic acids is 1. The number of anilines is 1. The van der Waals surface area contributed by atoms with Crippen molar-refractivity contribution in [2.45, 2.75) is 32.9 Å². The summed E-state index contributed by atoms with van der Waals surface area (Å²) in [6.45, 7) is 5.79. The molecule has 2 heterocycles. The zero-order valence-electron chi connectivity index (χ0n) is 17.7. The zero-order chi connectivity index (χ0) is 21.7. The van der Waals surface area contributed by atoms with E-state index in [2.05, 4.69) is 15.6 Å². The molecule has 0 aliphatic carbocycles. The van der Waals surface area contributed by atoms with Gasteiger partial charge >= 0.3 is 5.97 Å². The average Bonchev–Trinajstić information content (AvgIpc) is 3.32. The molecular weight excluding hydrogens is 521 g/mol. The molecule has 1 aliphatic rings. The molecule has 1 aromatic heterocycles. The third kappa shape index (κ3) is 6.31. The van der Waals surface area contributed by atoms with E-state index in [1.165, 1.54) is 19.2 Å². The summed E-state index contributed by atoms with van der Waals surface area (Å²) in [5.74, 6) is 0.0264. The Morgan fingerprint density at radius 3 is 2.81 bits per heavy atom. The van der Waals surface area contributed by atoms with E-state index in [-0.39, 0.29) is 36.6 Å². The van der Waals surface area contributed by atoms with Gasteiger partial charge in [0, 0.05) is 31.7 Å². The van der Waals surface area contributed by atoms with Crippen LogP contribution in [0, 0.1) is 18.6 Å². The van der Waals surface area contributed by atoms with Gasteiger partial charge in [-0.3, -0.25) is 0 Å². The molecule has 0 radical (unpaired) electrons. The third-order valence-electron chi connectivity index (χ3n) is 4.89. The molecule has 1 aromatic carbocycles. The van der Waals surface area contributed by atoms with Gasteiger partial charge in [0.05, 0.1) is 12.8 Å². The predicted octanol–water partition coefficient (Wildman–Crippen LogP) is 3.60. The van der Waals surface area contributed by atoms with Gasteiger partial charge in [-0.2, -0.15) is 0 Å². The minimum Gasteiger partial charge on any atom is -0.465 e. The molecule has 0 saturated carbocycles. The highest BCUT2D eigenvalue weighted by Crippen LogP contribution is 2.24. The topological polar surface area (TPSA) is 79.1 Å². The number of aliphatic imine (C=N–C) groups is 1. The molecule has 0 spiro atoms. The van der Waals surface area contributed by atoms with Crippen molar-refractivity contribution in [3.63, 3.8) is 0 Å². The molecule has 7 nitrogen and oxygen atoms in total. The maximum absolute atomic E-state index is 14.1. The number of ether oxygens (including phenoxy) is 1. The quantitative estimate of drug-likeness (QED) is 0.249. The van der Waals surface area contributed by atoms with E-state index in [0.29, 0.717) is 48.4 Å². The van der Waals surface area contributed by atoms with Crippen molar-refractivity contribution in [1.82, 2.24) is 10.6 Å². The largest absolute Gasteiger partial charge is 0.465 e. The van der Waals surface area contributed by atoms with Crippen molar-refractivity contribution in [2.24, 2.45) is 4.99 Å². The SMILES string of the molecule is CCNC(=NCc1cc(C(=O)OC)c(C)o1)NC1CCN(c2ccc(F)cc2F)C1.I. The van der Waals surface area contributed by atoms with E-state index >= 15 is 0 Å². The van der Waals surface area contributed by atoms with E-state index < -0.39 is 17.6 Å². The Morgan fingerprint density at radius 1 is 1.35 bits per heavy atom. The third-order valence-corrected chi connectivity index (χ3v) is 4.89. The van der Waals surface area contributed by atoms with Crippen molar-refractivity contribution >= 4 is 41.6 Å². The molecule has 1 unspecified atom stereocenters. The van der Waals surface area contributed by atoms with Crippen LogP contribution in [-0.2, 0) is 11.3 Å². The Kier molecular flexibility index (Phi) is 9.08. The predicted molar refractivity (Wildman–Crippen MR) is 125 cm³/mol. The van der Waals surface area contributed by atoms with Gasteiger partial charge in [0.15, 0.2) is 5.96 Å². The summed E-state index contributed by atoms with van der Waals surface area (Å²) in [5.41, 5.74) is 0.775. The summed E-state index contributed by atoms with van der Waals surface area (Å²) in [7, 11) is 1.32. The first-order valence-electron chi connectivity index (χ1n) is 9.83. The lowest BCUT2D eigenvalue weighted by molar-refractivity contribution is 0.0599. The van der Waals surface area contributed by atoms with Gasteiger partial charge in [0.2, 0.25) is 0 Å². The number of nitrogens with zero attached hydrogens (tertiary/aromatic N) is 2. The van der Waals surface area contributed by atoms with Gasteiger partial charge in [-0.05, 0) is 38.5 Å². The number of hydrogen-bond donors (Lipinski definition) is 2. The first kappa shape index (κ1) is 24.9. The van der Waals surface area contributed by atoms with Gasteiger partial charge in [-0.15, -0.1) is 24.0 Å². The van der Waals surface area contributed by atoms with Crippen LogP contribution in [0.1, 0.15) is 35.2 Å². The Labute approximate surface area is 197 Å². The molecule has 31 heavy (non-hydrogen) atoms. The number of hydrogen-bond acceptors (Lipinski definition) is 5. The normalized spacial score (nSPS) is 16.1. The molecule has 1 aliphatic heterocycles. The van der Waals surface area contributed by atoms with Crippen LogP contribution in [0.25, 0.3) is 0 Å². The fourth-order valence-electron chi connectivity index (χ4n) is 3.44. The van der Waals surface area contributed by atoms with Crippen molar-refractivity contribution < 1.29 is 22.7 Å². The molecule has 1 saturated heterocycles. The molecule has 0 bridgehead atoms. The Balaban J connectivity index is 0.00000341. The van der Waals surface area contributed by atoms with Gasteiger partial charge in [-0.25, -0.2) is 18.6 Å². The number of guanidine groups is 1. The number of benzene rings is 1. The van der Waals surface area contributed by atoms with Crippen molar-refractivity contribution in [3.8, 4) is 0 Å². The lowest BCUT2D eigenvalue weighted by atomic mass is 10.2. The number of halogens is 3. The minimum atomic E-state index is -0.588. The second kappa shape index (κ2) is 11.3. The van der Waals surface area contributed by atoms with Crippen LogP contribution in [0.3, 0.4) is 0 Å². The summed E-state index contributed by atoms with van der Waals surface area (Å²) in [4.78, 5) is 18.1. The second-order valence-corrected chi connectivity index (χ2v) is 7.04. The lowest BCUT2D eigenvalue weighted by Crippen LogP contribution is -2.44. The molecule has 3 rings (SSSR count).